The van der Waals surface area contributed by atoms with Crippen molar-refractivity contribution in [1.82, 2.24) is 15.1 Å². The van der Waals surface area contributed by atoms with E-state index in [1.807, 2.05) is 17.0 Å². The summed E-state index contributed by atoms with van der Waals surface area (Å²) in [5.41, 5.74) is 0. The van der Waals surface area contributed by atoms with Gasteiger partial charge in [-0.25, -0.2) is 0 Å². The van der Waals surface area contributed by atoms with Gasteiger partial charge in [0.25, 0.3) is 5.91 Å². The van der Waals surface area contributed by atoms with Crippen molar-refractivity contribution in [3.63, 3.8) is 0 Å². The first-order valence-electron chi connectivity index (χ1n) is 8.73. The zero-order valence-electron chi connectivity index (χ0n) is 15.0. The molecule has 0 bridgehead atoms. The van der Waals surface area contributed by atoms with Gasteiger partial charge >= 0.3 is 0 Å². The van der Waals surface area contributed by atoms with Gasteiger partial charge in [0.05, 0.1) is 13.7 Å². The van der Waals surface area contributed by atoms with Gasteiger partial charge in [-0.1, -0.05) is 12.1 Å². The van der Waals surface area contributed by atoms with Crippen LogP contribution < -0.4 is 14.8 Å². The lowest BCUT2D eigenvalue weighted by Gasteiger charge is -2.41. The Balaban J connectivity index is 0.00000243. The Labute approximate surface area is 160 Å². The van der Waals surface area contributed by atoms with E-state index in [1.54, 1.807) is 24.1 Å². The number of ether oxygens (including phenoxy) is 2. The molecule has 0 aliphatic carbocycles. The molecule has 1 N–H and O–H groups in total. The summed E-state index contributed by atoms with van der Waals surface area (Å²) in [4.78, 5) is 28.3. The van der Waals surface area contributed by atoms with Gasteiger partial charge in [-0.2, -0.15) is 0 Å². The highest BCUT2D eigenvalue weighted by Crippen LogP contribution is 2.26. The number of carbonyl (C=O) groups is 2. The van der Waals surface area contributed by atoms with Crippen molar-refractivity contribution in [2.75, 3.05) is 46.4 Å². The van der Waals surface area contributed by atoms with E-state index in [2.05, 4.69) is 5.32 Å². The predicted molar refractivity (Wildman–Crippen MR) is 99.9 cm³/mol. The first-order chi connectivity index (χ1) is 12.2. The number of benzene rings is 1. The van der Waals surface area contributed by atoms with Crippen LogP contribution in [-0.2, 0) is 9.59 Å². The summed E-state index contributed by atoms with van der Waals surface area (Å²) in [7, 11) is 1.57. The smallest absolute Gasteiger partial charge is 0.260 e. The molecule has 7 nitrogen and oxygen atoms in total. The second-order valence-electron chi connectivity index (χ2n) is 6.34. The predicted octanol–water partition coefficient (Wildman–Crippen LogP) is 0.919. The van der Waals surface area contributed by atoms with Gasteiger partial charge in [-0.15, -0.1) is 12.4 Å². The maximum absolute atomic E-state index is 12.5. The Kier molecular flexibility index (Phi) is 7.53. The molecule has 2 fully saturated rings. The Morgan fingerprint density at radius 2 is 2.04 bits per heavy atom. The largest absolute Gasteiger partial charge is 0.493 e. The van der Waals surface area contributed by atoms with Crippen LogP contribution in [0.2, 0.25) is 0 Å². The van der Waals surface area contributed by atoms with Gasteiger partial charge in [0.1, 0.15) is 0 Å². The van der Waals surface area contributed by atoms with Crippen LogP contribution in [0.15, 0.2) is 24.3 Å². The lowest BCUT2D eigenvalue weighted by Crippen LogP contribution is -2.57. The van der Waals surface area contributed by atoms with Crippen LogP contribution >= 0.6 is 12.4 Å². The van der Waals surface area contributed by atoms with Crippen LogP contribution in [0.4, 0.5) is 0 Å². The molecule has 1 unspecified atom stereocenters. The number of piperidine rings is 1. The van der Waals surface area contributed by atoms with E-state index in [4.69, 9.17) is 9.47 Å². The number of hydrogen-bond donors (Lipinski definition) is 1. The molecule has 0 aromatic heterocycles. The summed E-state index contributed by atoms with van der Waals surface area (Å²) in [5, 5.41) is 3.08. The highest BCUT2D eigenvalue weighted by molar-refractivity contribution is 5.85. The zero-order chi connectivity index (χ0) is 17.6. The average Bonchev–Trinajstić information content (AvgIpc) is 2.66. The Hall–Kier alpha value is -1.99. The van der Waals surface area contributed by atoms with Gasteiger partial charge in [0.15, 0.2) is 18.1 Å². The molecule has 2 aliphatic heterocycles. The number of rotatable bonds is 5. The molecule has 3 rings (SSSR count). The normalized spacial score (nSPS) is 20.3. The van der Waals surface area contributed by atoms with E-state index >= 15 is 0 Å². The standard InChI is InChI=1S/C18H25N3O4.ClH/c1-24-15-6-2-3-7-16(15)25-13-18(23)20-9-4-5-14(12-20)21-10-8-19-11-17(21)22;/h2-3,6-7,14,19H,4-5,8-13H2,1H3;1H. The first-order valence-corrected chi connectivity index (χ1v) is 8.73. The number of nitrogens with zero attached hydrogens (tertiary/aromatic N) is 2. The number of methoxy groups -OCH3 is 1. The number of likely N-dealkylation sites (tertiary alicyclic amines) is 1. The summed E-state index contributed by atoms with van der Waals surface area (Å²) >= 11 is 0. The van der Waals surface area contributed by atoms with Gasteiger partial charge in [0, 0.05) is 32.2 Å². The summed E-state index contributed by atoms with van der Waals surface area (Å²) in [6.07, 6.45) is 1.85. The Bertz CT molecular complexity index is 628. The maximum atomic E-state index is 12.5. The number of hydrogen-bond acceptors (Lipinski definition) is 5. The van der Waals surface area contributed by atoms with E-state index in [0.717, 1.165) is 19.4 Å². The molecule has 1 atom stereocenters. The van der Waals surface area contributed by atoms with Crippen LogP contribution in [0.1, 0.15) is 12.8 Å². The molecule has 144 valence electrons. The molecule has 1 aromatic rings. The molecule has 2 amide bonds. The SMILES string of the molecule is COc1ccccc1OCC(=O)N1CCCC(N2CCNCC2=O)C1.Cl. The van der Waals surface area contributed by atoms with Crippen molar-refractivity contribution in [2.45, 2.75) is 18.9 Å². The molecule has 2 heterocycles. The molecule has 0 saturated carbocycles. The molecule has 1 aromatic carbocycles. The minimum atomic E-state index is -0.0572. The van der Waals surface area contributed by atoms with Crippen LogP contribution in [0.3, 0.4) is 0 Å². The Morgan fingerprint density at radius 3 is 2.77 bits per heavy atom. The molecule has 0 spiro atoms. The quantitative estimate of drug-likeness (QED) is 0.818. The molecule has 2 saturated heterocycles. The van der Waals surface area contributed by atoms with Gasteiger partial charge < -0.3 is 24.6 Å². The highest BCUT2D eigenvalue weighted by Gasteiger charge is 2.31. The topological polar surface area (TPSA) is 71.1 Å². The number of nitrogens with one attached hydrogen (secondary N) is 1. The minimum Gasteiger partial charge on any atom is -0.493 e. The molecule has 8 heteroatoms. The van der Waals surface area contributed by atoms with Crippen LogP contribution in [0.5, 0.6) is 11.5 Å². The summed E-state index contributed by atoms with van der Waals surface area (Å²) in [6.45, 7) is 3.19. The van der Waals surface area contributed by atoms with E-state index in [9.17, 15) is 9.59 Å². The third-order valence-electron chi connectivity index (χ3n) is 4.74. The van der Waals surface area contributed by atoms with Gasteiger partial charge in [-0.05, 0) is 25.0 Å². The van der Waals surface area contributed by atoms with Crippen molar-refractivity contribution < 1.29 is 19.1 Å². The number of piperazine rings is 1. The fraction of sp³-hybridized carbons (Fsp3) is 0.556. The van der Waals surface area contributed by atoms with Crippen molar-refractivity contribution >= 4 is 24.2 Å². The monoisotopic (exact) mass is 383 g/mol. The number of carbonyl (C=O) groups excluding carboxylic acids is 2. The minimum absolute atomic E-state index is 0. The van der Waals surface area contributed by atoms with Crippen molar-refractivity contribution in [3.8, 4) is 11.5 Å². The third kappa shape index (κ3) is 4.80. The number of halogens is 1. The van der Waals surface area contributed by atoms with Crippen molar-refractivity contribution in [2.24, 2.45) is 0 Å². The summed E-state index contributed by atoms with van der Waals surface area (Å²) in [5.74, 6) is 1.23. The summed E-state index contributed by atoms with van der Waals surface area (Å²) < 4.78 is 10.9. The van der Waals surface area contributed by atoms with E-state index in [0.29, 0.717) is 37.7 Å². The maximum Gasteiger partial charge on any atom is 0.260 e. The van der Waals surface area contributed by atoms with Crippen molar-refractivity contribution in [1.29, 1.82) is 0 Å². The van der Waals surface area contributed by atoms with Crippen molar-refractivity contribution in [3.05, 3.63) is 24.3 Å². The molecular formula is C18H26ClN3O4. The molecule has 2 aliphatic rings. The fourth-order valence-corrected chi connectivity index (χ4v) is 3.41. The van der Waals surface area contributed by atoms with Gasteiger partial charge in [0.2, 0.25) is 5.91 Å². The average molecular weight is 384 g/mol. The fourth-order valence-electron chi connectivity index (χ4n) is 3.41. The molecule has 26 heavy (non-hydrogen) atoms. The third-order valence-corrected chi connectivity index (χ3v) is 4.74. The number of para-hydroxylation sites is 2. The zero-order valence-corrected chi connectivity index (χ0v) is 15.8. The van der Waals surface area contributed by atoms with E-state index in [1.165, 1.54) is 0 Å². The first kappa shape index (κ1) is 20.3. The van der Waals surface area contributed by atoms with Gasteiger partial charge in [-0.3, -0.25) is 9.59 Å². The Morgan fingerprint density at radius 1 is 1.27 bits per heavy atom. The second kappa shape index (κ2) is 9.64. The lowest BCUT2D eigenvalue weighted by atomic mass is 10.0. The van der Waals surface area contributed by atoms with Crippen LogP contribution in [0.25, 0.3) is 0 Å². The highest BCUT2D eigenvalue weighted by atomic mass is 35.5. The lowest BCUT2D eigenvalue weighted by molar-refractivity contribution is -0.141. The second-order valence-corrected chi connectivity index (χ2v) is 6.34. The molecule has 0 radical (unpaired) electrons. The summed E-state index contributed by atoms with van der Waals surface area (Å²) in [6, 6.07) is 7.39. The van der Waals surface area contributed by atoms with Crippen LogP contribution in [0, 0.1) is 0 Å². The van der Waals surface area contributed by atoms with Crippen LogP contribution in [-0.4, -0.2) is 74.1 Å². The molecular weight excluding hydrogens is 358 g/mol. The van der Waals surface area contributed by atoms with E-state index < -0.39 is 0 Å². The van der Waals surface area contributed by atoms with E-state index in [-0.39, 0.29) is 36.9 Å². The number of amides is 2.